The molecule has 0 fully saturated rings. The highest BCUT2D eigenvalue weighted by molar-refractivity contribution is 9.10. The topological polar surface area (TPSA) is 60.3 Å². The smallest absolute Gasteiger partial charge is 0.355 e. The molecule has 0 saturated heterocycles. The third-order valence-electron chi connectivity index (χ3n) is 3.56. The van der Waals surface area contributed by atoms with Crippen molar-refractivity contribution in [2.45, 2.75) is 26.5 Å². The number of rotatable bonds is 5. The van der Waals surface area contributed by atoms with Gasteiger partial charge in [-0.25, -0.2) is 9.18 Å². The molecule has 8 heteroatoms. The van der Waals surface area contributed by atoms with Crippen LogP contribution in [0, 0.1) is 5.82 Å². The summed E-state index contributed by atoms with van der Waals surface area (Å²) >= 11 is 4.59. The fraction of sp³-hybridized carbons (Fsp3) is 0.222. The van der Waals surface area contributed by atoms with Crippen LogP contribution in [-0.2, 0) is 16.1 Å². The van der Waals surface area contributed by atoms with Crippen molar-refractivity contribution in [1.29, 1.82) is 0 Å². The maximum Gasteiger partial charge on any atom is 0.355 e. The van der Waals surface area contributed by atoms with E-state index in [1.54, 1.807) is 30.5 Å². The summed E-state index contributed by atoms with van der Waals surface area (Å²) in [5.74, 6) is -1.47. The van der Waals surface area contributed by atoms with Gasteiger partial charge in [-0.05, 0) is 49.6 Å². The van der Waals surface area contributed by atoms with Crippen molar-refractivity contribution >= 4 is 55.0 Å². The molecule has 0 bridgehead atoms. The van der Waals surface area contributed by atoms with Crippen LogP contribution in [0.25, 0.3) is 10.2 Å². The molecule has 0 atom stereocenters. The minimum absolute atomic E-state index is 0.0825. The predicted molar refractivity (Wildman–Crippen MR) is 103 cm³/mol. The Morgan fingerprint density at radius 3 is 2.77 bits per heavy atom. The molecule has 26 heavy (non-hydrogen) atoms. The molecule has 5 nitrogen and oxygen atoms in total. The van der Waals surface area contributed by atoms with Gasteiger partial charge in [0.25, 0.3) is 0 Å². The van der Waals surface area contributed by atoms with E-state index in [0.29, 0.717) is 10.2 Å². The Balaban J connectivity index is 1.86. The number of ether oxygens (including phenoxy) is 1. The van der Waals surface area contributed by atoms with Crippen LogP contribution in [0.15, 0.2) is 40.2 Å². The number of nitrogens with zero attached hydrogens (tertiary/aromatic N) is 1. The normalized spacial score (nSPS) is 11.1. The molecule has 1 amide bonds. The molecular formula is C18H16BrFN2O3S. The molecule has 2 heterocycles. The number of amides is 1. The quantitative estimate of drug-likeness (QED) is 0.581. The second-order valence-electron chi connectivity index (χ2n) is 5.92. The van der Waals surface area contributed by atoms with Gasteiger partial charge in [0.05, 0.1) is 11.8 Å². The van der Waals surface area contributed by atoms with Crippen LogP contribution >= 0.6 is 27.3 Å². The lowest BCUT2D eigenvalue weighted by molar-refractivity contribution is -0.116. The van der Waals surface area contributed by atoms with Gasteiger partial charge in [-0.1, -0.05) is 15.9 Å². The molecule has 136 valence electrons. The zero-order chi connectivity index (χ0) is 18.8. The zero-order valence-corrected chi connectivity index (χ0v) is 16.5. The number of nitrogens with one attached hydrogen (secondary N) is 1. The monoisotopic (exact) mass is 438 g/mol. The molecular weight excluding hydrogens is 423 g/mol. The molecule has 0 aliphatic carbocycles. The average molecular weight is 439 g/mol. The molecule has 2 aromatic heterocycles. The van der Waals surface area contributed by atoms with E-state index in [-0.39, 0.29) is 18.3 Å². The van der Waals surface area contributed by atoms with Gasteiger partial charge in [0.2, 0.25) is 5.91 Å². The first-order valence-electron chi connectivity index (χ1n) is 7.87. The van der Waals surface area contributed by atoms with Gasteiger partial charge in [-0.15, -0.1) is 11.3 Å². The van der Waals surface area contributed by atoms with E-state index in [1.807, 2.05) is 11.4 Å². The van der Waals surface area contributed by atoms with E-state index in [1.165, 1.54) is 23.5 Å². The molecule has 3 rings (SSSR count). The molecule has 1 N–H and O–H groups in total. The summed E-state index contributed by atoms with van der Waals surface area (Å²) in [6.45, 7) is 3.40. The molecule has 0 unspecified atom stereocenters. The first-order chi connectivity index (χ1) is 12.3. The Kier molecular flexibility index (Phi) is 5.43. The van der Waals surface area contributed by atoms with Crippen molar-refractivity contribution in [2.75, 3.05) is 5.32 Å². The van der Waals surface area contributed by atoms with Crippen molar-refractivity contribution in [1.82, 2.24) is 4.57 Å². The number of carbonyl (C=O) groups excluding carboxylic acids is 2. The van der Waals surface area contributed by atoms with E-state index < -0.39 is 17.7 Å². The fourth-order valence-corrected chi connectivity index (χ4v) is 3.73. The van der Waals surface area contributed by atoms with Crippen molar-refractivity contribution in [2.24, 2.45) is 0 Å². The third kappa shape index (κ3) is 3.96. The van der Waals surface area contributed by atoms with Crippen molar-refractivity contribution < 1.29 is 18.7 Å². The largest absolute Gasteiger partial charge is 0.458 e. The molecule has 0 aliphatic heterocycles. The molecule has 1 aromatic carbocycles. The van der Waals surface area contributed by atoms with Crippen LogP contribution in [0.4, 0.5) is 10.1 Å². The number of carbonyl (C=O) groups is 2. The third-order valence-corrected chi connectivity index (χ3v) is 5.01. The Labute approximate surface area is 161 Å². The summed E-state index contributed by atoms with van der Waals surface area (Å²) < 4.78 is 21.4. The van der Waals surface area contributed by atoms with Crippen LogP contribution in [-0.4, -0.2) is 22.5 Å². The summed E-state index contributed by atoms with van der Waals surface area (Å²) in [4.78, 5) is 25.5. The predicted octanol–water partition coefficient (Wildman–Crippen LogP) is 4.81. The lowest BCUT2D eigenvalue weighted by atomic mass is 10.3. The van der Waals surface area contributed by atoms with Crippen LogP contribution in [0.2, 0.25) is 0 Å². The van der Waals surface area contributed by atoms with Gasteiger partial charge < -0.3 is 14.6 Å². The summed E-state index contributed by atoms with van der Waals surface area (Å²) in [5, 5.41) is 5.27. The second kappa shape index (κ2) is 7.59. The van der Waals surface area contributed by atoms with Crippen LogP contribution in [0.1, 0.15) is 24.3 Å². The first-order valence-corrected chi connectivity index (χ1v) is 9.55. The number of halogens is 2. The Bertz CT molecular complexity index is 980. The summed E-state index contributed by atoms with van der Waals surface area (Å²) in [7, 11) is 0. The lowest BCUT2D eigenvalue weighted by Gasteiger charge is -2.12. The van der Waals surface area contributed by atoms with Crippen LogP contribution in [0.3, 0.4) is 0 Å². The molecule has 3 aromatic rings. The molecule has 0 saturated carbocycles. The number of hydrogen-bond acceptors (Lipinski definition) is 4. The van der Waals surface area contributed by atoms with Gasteiger partial charge >= 0.3 is 5.97 Å². The lowest BCUT2D eigenvalue weighted by Crippen LogP contribution is -2.23. The van der Waals surface area contributed by atoms with Gasteiger partial charge in [-0.3, -0.25) is 4.79 Å². The minimum atomic E-state index is -0.541. The first kappa shape index (κ1) is 18.6. The Morgan fingerprint density at radius 2 is 2.08 bits per heavy atom. The van der Waals surface area contributed by atoms with E-state index in [4.69, 9.17) is 4.74 Å². The Morgan fingerprint density at radius 1 is 1.31 bits per heavy atom. The number of hydrogen-bond donors (Lipinski definition) is 1. The van der Waals surface area contributed by atoms with Gasteiger partial charge in [0.15, 0.2) is 0 Å². The number of anilines is 1. The summed E-state index contributed by atoms with van der Waals surface area (Å²) in [6.07, 6.45) is -0.269. The SMILES string of the molecule is CC(C)OC(=O)c1cc2ccsc2n1CC(=O)Nc1ccc(Br)cc1F. The average Bonchev–Trinajstić information content (AvgIpc) is 3.12. The fourth-order valence-electron chi connectivity index (χ4n) is 2.50. The maximum absolute atomic E-state index is 13.9. The number of esters is 1. The number of fused-ring (bicyclic) bond motifs is 1. The minimum Gasteiger partial charge on any atom is -0.458 e. The summed E-state index contributed by atoms with van der Waals surface area (Å²) in [6, 6.07) is 7.95. The molecule has 0 radical (unpaired) electrons. The van der Waals surface area contributed by atoms with Crippen molar-refractivity contribution in [3.63, 3.8) is 0 Å². The highest BCUT2D eigenvalue weighted by Crippen LogP contribution is 2.26. The molecule has 0 aliphatic rings. The van der Waals surface area contributed by atoms with E-state index in [0.717, 1.165) is 10.2 Å². The number of thiophene rings is 1. The highest BCUT2D eigenvalue weighted by Gasteiger charge is 2.21. The Hall–Kier alpha value is -2.19. The standard InChI is InChI=1S/C18H16BrFN2O3S/c1-10(2)25-18(24)15-7-11-5-6-26-17(11)22(15)9-16(23)21-14-4-3-12(19)8-13(14)20/h3-8,10H,9H2,1-2H3,(H,21,23). The van der Waals surface area contributed by atoms with E-state index >= 15 is 0 Å². The van der Waals surface area contributed by atoms with Gasteiger partial charge in [-0.2, -0.15) is 0 Å². The number of aromatic nitrogens is 1. The van der Waals surface area contributed by atoms with Crippen LogP contribution in [0.5, 0.6) is 0 Å². The zero-order valence-electron chi connectivity index (χ0n) is 14.1. The second-order valence-corrected chi connectivity index (χ2v) is 7.73. The maximum atomic E-state index is 13.9. The van der Waals surface area contributed by atoms with E-state index in [2.05, 4.69) is 21.2 Å². The van der Waals surface area contributed by atoms with Gasteiger partial charge in [0.1, 0.15) is 22.9 Å². The van der Waals surface area contributed by atoms with E-state index in [9.17, 15) is 14.0 Å². The number of benzene rings is 1. The summed E-state index contributed by atoms with van der Waals surface area (Å²) in [5.41, 5.74) is 0.381. The molecule has 0 spiro atoms. The van der Waals surface area contributed by atoms with Crippen molar-refractivity contribution in [3.8, 4) is 0 Å². The van der Waals surface area contributed by atoms with Crippen molar-refractivity contribution in [3.05, 3.63) is 51.7 Å². The highest BCUT2D eigenvalue weighted by atomic mass is 79.9. The van der Waals surface area contributed by atoms with Crippen LogP contribution < -0.4 is 5.32 Å². The van der Waals surface area contributed by atoms with Gasteiger partial charge in [0, 0.05) is 9.86 Å².